The molecule has 0 bridgehead atoms. The largest absolute Gasteiger partial charge is 0.491 e. The number of thiophene rings is 1. The van der Waals surface area contributed by atoms with Crippen molar-refractivity contribution in [1.82, 2.24) is 9.55 Å². The van der Waals surface area contributed by atoms with Gasteiger partial charge in [0.1, 0.15) is 46.5 Å². The predicted octanol–water partition coefficient (Wildman–Crippen LogP) is 3.71. The van der Waals surface area contributed by atoms with Gasteiger partial charge in [0.25, 0.3) is 5.91 Å². The Morgan fingerprint density at radius 2 is 2.06 bits per heavy atom. The molecule has 0 saturated carbocycles. The summed E-state index contributed by atoms with van der Waals surface area (Å²) in [5.41, 5.74) is 7.86. The van der Waals surface area contributed by atoms with E-state index in [2.05, 4.69) is 4.98 Å². The second-order valence-corrected chi connectivity index (χ2v) is 8.77. The first-order chi connectivity index (χ1) is 15.9. The maximum Gasteiger partial charge on any atom is 0.262 e. The lowest BCUT2D eigenvalue weighted by Gasteiger charge is -2.16. The third kappa shape index (κ3) is 4.96. The van der Waals surface area contributed by atoms with Gasteiger partial charge in [-0.25, -0.2) is 4.98 Å². The van der Waals surface area contributed by atoms with Gasteiger partial charge in [0, 0.05) is 22.7 Å². The average Bonchev–Trinajstić information content (AvgIpc) is 3.41. The van der Waals surface area contributed by atoms with Crippen LogP contribution in [0.4, 0.5) is 0 Å². The van der Waals surface area contributed by atoms with Gasteiger partial charge in [0.15, 0.2) is 0 Å². The number of rotatable bonds is 9. The summed E-state index contributed by atoms with van der Waals surface area (Å²) in [7, 11) is 0. The number of benzene rings is 2. The molecular weight excluding hydrogens is 466 g/mol. The Kier molecular flexibility index (Phi) is 6.85. The number of fused-ring (bicyclic) bond motifs is 1. The maximum absolute atomic E-state index is 12.1. The summed E-state index contributed by atoms with van der Waals surface area (Å²) in [4.78, 5) is 16.8. The van der Waals surface area contributed by atoms with Crippen LogP contribution in [0.25, 0.3) is 16.0 Å². The third-order valence-corrected chi connectivity index (χ3v) is 6.44. The fourth-order valence-electron chi connectivity index (χ4n) is 3.30. The number of hydrogen-bond acceptors (Lipinski definition) is 7. The molecule has 10 heteroatoms. The summed E-state index contributed by atoms with van der Waals surface area (Å²) < 4.78 is 13.4. The number of carbonyl (C=O) groups is 1. The van der Waals surface area contributed by atoms with Crippen LogP contribution in [0.3, 0.4) is 0 Å². The molecule has 2 atom stereocenters. The molecule has 0 aliphatic heterocycles. The van der Waals surface area contributed by atoms with E-state index in [1.807, 2.05) is 25.1 Å². The molecule has 4 aromatic rings. The van der Waals surface area contributed by atoms with E-state index in [1.165, 1.54) is 11.3 Å². The second kappa shape index (κ2) is 9.80. The van der Waals surface area contributed by atoms with Crippen LogP contribution in [-0.4, -0.2) is 45.0 Å². The lowest BCUT2D eigenvalue weighted by Crippen LogP contribution is -2.21. The zero-order chi connectivity index (χ0) is 23.5. The van der Waals surface area contributed by atoms with Crippen molar-refractivity contribution < 1.29 is 24.5 Å². The minimum atomic E-state index is -0.971. The number of primary amides is 1. The van der Waals surface area contributed by atoms with Gasteiger partial charge < -0.3 is 25.4 Å². The van der Waals surface area contributed by atoms with E-state index in [0.29, 0.717) is 27.0 Å². The molecule has 8 nitrogen and oxygen atoms in total. The number of nitrogens with zero attached hydrogens (tertiary/aromatic N) is 2. The molecule has 0 unspecified atom stereocenters. The fraction of sp³-hybridized carbons (Fsp3) is 0.217. The molecule has 4 N–H and O–H groups in total. The van der Waals surface area contributed by atoms with E-state index < -0.39 is 18.1 Å². The molecule has 1 amide bonds. The van der Waals surface area contributed by atoms with Gasteiger partial charge >= 0.3 is 0 Å². The summed E-state index contributed by atoms with van der Waals surface area (Å²) in [6.07, 6.45) is 0.257. The van der Waals surface area contributed by atoms with Crippen molar-refractivity contribution in [2.75, 3.05) is 13.2 Å². The predicted molar refractivity (Wildman–Crippen MR) is 127 cm³/mol. The molecule has 0 spiro atoms. The standard InChI is InChI=1S/C23H22ClN3O5S/c1-13(16-4-2-3-5-17(16)24)32-20-9-21(33-22(20)23(25)30)27-12-26-18-7-6-15(8-19(18)27)31-11-14(29)10-28/h2-9,12-14,28-29H,10-11H2,1H3,(H2,25,30)/t13-,14-/m0/s1. The Labute approximate surface area is 198 Å². The van der Waals surface area contributed by atoms with Gasteiger partial charge in [-0.1, -0.05) is 29.8 Å². The first-order valence-electron chi connectivity index (χ1n) is 10.1. The number of amides is 1. The van der Waals surface area contributed by atoms with Gasteiger partial charge in [0.2, 0.25) is 0 Å². The number of aliphatic hydroxyl groups is 2. The van der Waals surface area contributed by atoms with E-state index in [9.17, 15) is 9.90 Å². The average molecular weight is 488 g/mol. The van der Waals surface area contributed by atoms with Crippen molar-refractivity contribution in [3.63, 3.8) is 0 Å². The van der Waals surface area contributed by atoms with Crippen LogP contribution in [0.15, 0.2) is 54.9 Å². The molecule has 0 aliphatic rings. The Balaban J connectivity index is 1.66. The molecule has 0 fully saturated rings. The number of aromatic nitrogens is 2. The number of ether oxygens (including phenoxy) is 2. The summed E-state index contributed by atoms with van der Waals surface area (Å²) in [6, 6.07) is 14.4. The molecule has 4 rings (SSSR count). The number of carbonyl (C=O) groups excluding carboxylic acids is 1. The van der Waals surface area contributed by atoms with Crippen molar-refractivity contribution in [2.24, 2.45) is 5.73 Å². The number of hydrogen-bond donors (Lipinski definition) is 3. The summed E-state index contributed by atoms with van der Waals surface area (Å²) >= 11 is 7.47. The van der Waals surface area contributed by atoms with E-state index in [-0.39, 0.29) is 18.1 Å². The van der Waals surface area contributed by atoms with Crippen molar-refractivity contribution in [2.45, 2.75) is 19.1 Å². The van der Waals surface area contributed by atoms with Crippen molar-refractivity contribution in [3.05, 3.63) is 70.3 Å². The van der Waals surface area contributed by atoms with Gasteiger partial charge in [-0.15, -0.1) is 11.3 Å². The molecule has 33 heavy (non-hydrogen) atoms. The number of imidazole rings is 1. The Bertz CT molecular complexity index is 1290. The highest BCUT2D eigenvalue weighted by molar-refractivity contribution is 7.16. The molecule has 0 radical (unpaired) electrons. The zero-order valence-electron chi connectivity index (χ0n) is 17.6. The lowest BCUT2D eigenvalue weighted by atomic mass is 10.1. The molecule has 2 heterocycles. The van der Waals surface area contributed by atoms with E-state index in [0.717, 1.165) is 11.1 Å². The van der Waals surface area contributed by atoms with Crippen LogP contribution in [0.1, 0.15) is 28.3 Å². The summed E-state index contributed by atoms with van der Waals surface area (Å²) in [5, 5.41) is 19.7. The number of aliphatic hydroxyl groups excluding tert-OH is 2. The topological polar surface area (TPSA) is 120 Å². The summed E-state index contributed by atoms with van der Waals surface area (Å²) in [5.74, 6) is 0.265. The minimum absolute atomic E-state index is 0.0428. The zero-order valence-corrected chi connectivity index (χ0v) is 19.2. The molecule has 2 aromatic heterocycles. The van der Waals surface area contributed by atoms with E-state index in [1.54, 1.807) is 41.2 Å². The van der Waals surface area contributed by atoms with E-state index >= 15 is 0 Å². The van der Waals surface area contributed by atoms with Crippen molar-refractivity contribution in [3.8, 4) is 16.5 Å². The minimum Gasteiger partial charge on any atom is -0.491 e. The highest BCUT2D eigenvalue weighted by Crippen LogP contribution is 2.37. The number of nitrogens with two attached hydrogens (primary N) is 1. The highest BCUT2D eigenvalue weighted by Gasteiger charge is 2.21. The Morgan fingerprint density at radius 3 is 2.79 bits per heavy atom. The molecular formula is C23H22ClN3O5S. The molecule has 172 valence electrons. The smallest absolute Gasteiger partial charge is 0.262 e. The second-order valence-electron chi connectivity index (χ2n) is 7.34. The molecule has 0 aliphatic carbocycles. The molecule has 2 aromatic carbocycles. The lowest BCUT2D eigenvalue weighted by molar-refractivity contribution is 0.0536. The quantitative estimate of drug-likeness (QED) is 0.331. The van der Waals surface area contributed by atoms with Crippen LogP contribution in [0, 0.1) is 0 Å². The third-order valence-electron chi connectivity index (χ3n) is 4.96. The van der Waals surface area contributed by atoms with Crippen LogP contribution in [0.5, 0.6) is 11.5 Å². The molecule has 0 saturated heterocycles. The number of halogens is 1. The fourth-order valence-corrected chi connectivity index (χ4v) is 4.51. The van der Waals surface area contributed by atoms with Crippen LogP contribution < -0.4 is 15.2 Å². The normalized spacial score (nSPS) is 13.1. The van der Waals surface area contributed by atoms with Gasteiger partial charge in [-0.3, -0.25) is 9.36 Å². The maximum atomic E-state index is 12.1. The van der Waals surface area contributed by atoms with Crippen LogP contribution >= 0.6 is 22.9 Å². The van der Waals surface area contributed by atoms with Gasteiger partial charge in [-0.05, 0) is 25.1 Å². The first-order valence-corrected chi connectivity index (χ1v) is 11.3. The van der Waals surface area contributed by atoms with Gasteiger partial charge in [-0.2, -0.15) is 0 Å². The Morgan fingerprint density at radius 1 is 1.27 bits per heavy atom. The van der Waals surface area contributed by atoms with Crippen LogP contribution in [0.2, 0.25) is 5.02 Å². The van der Waals surface area contributed by atoms with Crippen molar-refractivity contribution >= 4 is 39.9 Å². The highest BCUT2D eigenvalue weighted by atomic mass is 35.5. The summed E-state index contributed by atoms with van der Waals surface area (Å²) in [6.45, 7) is 1.42. The van der Waals surface area contributed by atoms with Gasteiger partial charge in [0.05, 0.1) is 17.6 Å². The first kappa shape index (κ1) is 23.1. The SMILES string of the molecule is C[C@H](Oc1cc(-n2cnc3ccc(OC[C@@H](O)CO)cc32)sc1C(N)=O)c1ccccc1Cl. The van der Waals surface area contributed by atoms with E-state index in [4.69, 9.17) is 31.9 Å². The van der Waals surface area contributed by atoms with Crippen LogP contribution in [-0.2, 0) is 0 Å². The monoisotopic (exact) mass is 487 g/mol. The Hall–Kier alpha value is -3.11. The van der Waals surface area contributed by atoms with Crippen molar-refractivity contribution in [1.29, 1.82) is 0 Å².